The molecule has 0 heterocycles. The summed E-state index contributed by atoms with van der Waals surface area (Å²) in [5.41, 5.74) is 3.27. The Morgan fingerprint density at radius 3 is 2.14 bits per heavy atom. The number of thiocarbonyl (C=S) groups is 1. The summed E-state index contributed by atoms with van der Waals surface area (Å²) in [5, 5.41) is 7.50. The first-order valence-corrected chi connectivity index (χ1v) is 7.57. The molecule has 0 saturated heterocycles. The number of anilines is 2. The minimum atomic E-state index is 0.151. The zero-order valence-corrected chi connectivity index (χ0v) is 14.0. The van der Waals surface area contributed by atoms with Crippen molar-refractivity contribution >= 4 is 40.3 Å². The van der Waals surface area contributed by atoms with Crippen molar-refractivity contribution in [3.63, 3.8) is 0 Å². The fourth-order valence-electron chi connectivity index (χ4n) is 1.91. The molecule has 2 aromatic carbocycles. The van der Waals surface area contributed by atoms with Crippen molar-refractivity contribution in [3.8, 4) is 0 Å². The number of hydrogen-bond acceptors (Lipinski definition) is 1. The molecule has 2 aromatic rings. The Labute approximate surface area is 136 Å². The van der Waals surface area contributed by atoms with E-state index in [0.717, 1.165) is 11.4 Å². The van der Waals surface area contributed by atoms with Gasteiger partial charge in [0.15, 0.2) is 5.11 Å². The summed E-state index contributed by atoms with van der Waals surface area (Å²) in [4.78, 5) is 0. The van der Waals surface area contributed by atoms with E-state index in [-0.39, 0.29) is 5.41 Å². The first-order valence-electron chi connectivity index (χ1n) is 6.79. The van der Waals surface area contributed by atoms with E-state index in [1.165, 1.54) is 5.56 Å². The number of hydrogen-bond donors (Lipinski definition) is 2. The van der Waals surface area contributed by atoms with E-state index in [2.05, 4.69) is 43.5 Å². The fraction of sp³-hybridized carbons (Fsp3) is 0.235. The summed E-state index contributed by atoms with van der Waals surface area (Å²) in [6.45, 7) is 6.59. The topological polar surface area (TPSA) is 24.1 Å². The van der Waals surface area contributed by atoms with E-state index in [4.69, 9.17) is 23.8 Å². The van der Waals surface area contributed by atoms with Crippen LogP contribution in [0.2, 0.25) is 5.02 Å². The number of halogens is 1. The summed E-state index contributed by atoms with van der Waals surface area (Å²) >= 11 is 11.2. The first kappa shape index (κ1) is 15.8. The molecule has 0 saturated carbocycles. The molecule has 0 aliphatic heterocycles. The molecule has 4 heteroatoms. The van der Waals surface area contributed by atoms with Gasteiger partial charge in [0.2, 0.25) is 0 Å². The predicted molar refractivity (Wildman–Crippen MR) is 96.4 cm³/mol. The lowest BCUT2D eigenvalue weighted by Gasteiger charge is -2.19. The van der Waals surface area contributed by atoms with Gasteiger partial charge in [-0.15, -0.1) is 0 Å². The maximum absolute atomic E-state index is 5.94. The normalized spacial score (nSPS) is 11.0. The smallest absolute Gasteiger partial charge is 0.175 e. The fourth-order valence-corrected chi connectivity index (χ4v) is 2.34. The lowest BCUT2D eigenvalue weighted by molar-refractivity contribution is 0.590. The van der Waals surface area contributed by atoms with Crippen molar-refractivity contribution in [2.24, 2.45) is 0 Å². The van der Waals surface area contributed by atoms with Crippen LogP contribution in [-0.4, -0.2) is 5.11 Å². The van der Waals surface area contributed by atoms with Crippen LogP contribution in [0.25, 0.3) is 0 Å². The Bertz CT molecular complexity index is 630. The van der Waals surface area contributed by atoms with Gasteiger partial charge in [0.05, 0.1) is 0 Å². The minimum absolute atomic E-state index is 0.151. The van der Waals surface area contributed by atoms with Crippen LogP contribution in [-0.2, 0) is 5.41 Å². The molecule has 0 atom stereocenters. The van der Waals surface area contributed by atoms with Crippen LogP contribution in [0.3, 0.4) is 0 Å². The van der Waals surface area contributed by atoms with Crippen molar-refractivity contribution in [2.75, 3.05) is 10.6 Å². The quantitative estimate of drug-likeness (QED) is 0.720. The molecule has 0 radical (unpaired) electrons. The van der Waals surface area contributed by atoms with Crippen LogP contribution >= 0.6 is 23.8 Å². The highest BCUT2D eigenvalue weighted by Crippen LogP contribution is 2.23. The van der Waals surface area contributed by atoms with Gasteiger partial charge in [0.25, 0.3) is 0 Å². The molecule has 0 aromatic heterocycles. The Morgan fingerprint density at radius 1 is 0.952 bits per heavy atom. The Morgan fingerprint density at radius 2 is 1.57 bits per heavy atom. The van der Waals surface area contributed by atoms with Crippen molar-refractivity contribution in [3.05, 3.63) is 59.1 Å². The summed E-state index contributed by atoms with van der Waals surface area (Å²) < 4.78 is 0. The lowest BCUT2D eigenvalue weighted by atomic mass is 9.87. The third-order valence-corrected chi connectivity index (χ3v) is 3.53. The van der Waals surface area contributed by atoms with Crippen molar-refractivity contribution in [1.82, 2.24) is 0 Å². The second-order valence-electron chi connectivity index (χ2n) is 5.92. The second kappa shape index (κ2) is 6.46. The molecule has 0 bridgehead atoms. The largest absolute Gasteiger partial charge is 0.332 e. The van der Waals surface area contributed by atoms with Crippen LogP contribution in [0, 0.1) is 0 Å². The molecule has 0 aliphatic rings. The molecular weight excluding hydrogens is 300 g/mol. The van der Waals surface area contributed by atoms with E-state index < -0.39 is 0 Å². The third-order valence-electron chi connectivity index (χ3n) is 3.09. The molecule has 2 rings (SSSR count). The Hall–Kier alpha value is -1.58. The predicted octanol–water partition coefficient (Wildman–Crippen LogP) is 5.45. The first-order chi connectivity index (χ1) is 9.84. The van der Waals surface area contributed by atoms with E-state index in [0.29, 0.717) is 10.1 Å². The molecule has 0 unspecified atom stereocenters. The SMILES string of the molecule is CC(C)(C)c1ccc(NC(=S)Nc2cccc(Cl)c2)cc1. The zero-order chi connectivity index (χ0) is 15.5. The van der Waals surface area contributed by atoms with Crippen LogP contribution in [0.15, 0.2) is 48.5 Å². The highest BCUT2D eigenvalue weighted by Gasteiger charge is 2.12. The lowest BCUT2D eigenvalue weighted by Crippen LogP contribution is -2.19. The summed E-state index contributed by atoms with van der Waals surface area (Å²) in [7, 11) is 0. The van der Waals surface area contributed by atoms with Crippen LogP contribution in [0.1, 0.15) is 26.3 Å². The highest BCUT2D eigenvalue weighted by molar-refractivity contribution is 7.80. The number of benzene rings is 2. The number of nitrogens with one attached hydrogen (secondary N) is 2. The summed E-state index contributed by atoms with van der Waals surface area (Å²) in [6, 6.07) is 15.8. The number of rotatable bonds is 2. The molecule has 21 heavy (non-hydrogen) atoms. The molecule has 2 nitrogen and oxygen atoms in total. The van der Waals surface area contributed by atoms with Gasteiger partial charge < -0.3 is 10.6 Å². The van der Waals surface area contributed by atoms with Crippen molar-refractivity contribution in [1.29, 1.82) is 0 Å². The van der Waals surface area contributed by atoms with E-state index >= 15 is 0 Å². The van der Waals surface area contributed by atoms with Gasteiger partial charge in [0, 0.05) is 16.4 Å². The molecule has 0 aliphatic carbocycles. The van der Waals surface area contributed by atoms with Gasteiger partial charge in [-0.25, -0.2) is 0 Å². The summed E-state index contributed by atoms with van der Waals surface area (Å²) in [5.74, 6) is 0. The maximum Gasteiger partial charge on any atom is 0.175 e. The Kier molecular flexibility index (Phi) is 4.86. The minimum Gasteiger partial charge on any atom is -0.332 e. The van der Waals surface area contributed by atoms with Crippen LogP contribution in [0.5, 0.6) is 0 Å². The molecule has 0 spiro atoms. The van der Waals surface area contributed by atoms with Gasteiger partial charge in [-0.2, -0.15) is 0 Å². The molecule has 2 N–H and O–H groups in total. The van der Waals surface area contributed by atoms with E-state index in [1.54, 1.807) is 0 Å². The Balaban J connectivity index is 2.00. The van der Waals surface area contributed by atoms with Gasteiger partial charge in [-0.1, -0.05) is 50.6 Å². The van der Waals surface area contributed by atoms with Crippen LogP contribution in [0.4, 0.5) is 11.4 Å². The summed E-state index contributed by atoms with van der Waals surface area (Å²) in [6.07, 6.45) is 0. The average Bonchev–Trinajstić information content (AvgIpc) is 2.38. The average molecular weight is 319 g/mol. The highest BCUT2D eigenvalue weighted by atomic mass is 35.5. The van der Waals surface area contributed by atoms with Gasteiger partial charge in [-0.3, -0.25) is 0 Å². The van der Waals surface area contributed by atoms with Gasteiger partial charge in [-0.05, 0) is 53.5 Å². The second-order valence-corrected chi connectivity index (χ2v) is 6.76. The van der Waals surface area contributed by atoms with E-state index in [1.807, 2.05) is 36.4 Å². The van der Waals surface area contributed by atoms with Crippen molar-refractivity contribution in [2.45, 2.75) is 26.2 Å². The standard InChI is InChI=1S/C17H19ClN2S/c1-17(2,3)12-7-9-14(10-8-12)19-16(21)20-15-6-4-5-13(18)11-15/h4-11H,1-3H3,(H2,19,20,21). The van der Waals surface area contributed by atoms with E-state index in [9.17, 15) is 0 Å². The maximum atomic E-state index is 5.94. The molecule has 0 amide bonds. The monoisotopic (exact) mass is 318 g/mol. The molecular formula is C17H19ClN2S. The third kappa shape index (κ3) is 4.73. The van der Waals surface area contributed by atoms with Gasteiger partial charge in [0.1, 0.15) is 0 Å². The van der Waals surface area contributed by atoms with Crippen LogP contribution < -0.4 is 10.6 Å². The zero-order valence-electron chi connectivity index (χ0n) is 12.4. The van der Waals surface area contributed by atoms with Gasteiger partial charge >= 0.3 is 0 Å². The molecule has 110 valence electrons. The van der Waals surface area contributed by atoms with Crippen molar-refractivity contribution < 1.29 is 0 Å². The molecule has 0 fully saturated rings.